The van der Waals surface area contributed by atoms with Crippen LogP contribution in [0.25, 0.3) is 0 Å². The number of carbonyl (C=O) groups is 1. The lowest BCUT2D eigenvalue weighted by molar-refractivity contribution is -0.842. The van der Waals surface area contributed by atoms with Gasteiger partial charge in [-0.1, -0.05) is 0 Å². The molecule has 1 aliphatic heterocycles. The molecule has 8 heteroatoms. The topological polar surface area (TPSA) is 95.5 Å². The highest BCUT2D eigenvalue weighted by Crippen LogP contribution is 2.32. The van der Waals surface area contributed by atoms with E-state index in [9.17, 15) is 9.69 Å². The number of carbonyl (C=O) groups excluding carboxylic acids is 1. The smallest absolute Gasteiger partial charge is 0.329 e. The van der Waals surface area contributed by atoms with E-state index in [2.05, 4.69) is 0 Å². The van der Waals surface area contributed by atoms with Crippen LogP contribution in [0.15, 0.2) is 23.9 Å². The molecule has 120 valence electrons. The van der Waals surface area contributed by atoms with Gasteiger partial charge in [0.1, 0.15) is 6.54 Å². The average Bonchev–Trinajstić information content (AvgIpc) is 2.48. The van der Waals surface area contributed by atoms with Crippen LogP contribution in [0, 0.1) is 0 Å². The third-order valence-electron chi connectivity index (χ3n) is 3.09. The van der Waals surface area contributed by atoms with Gasteiger partial charge in [0.2, 0.25) is 5.91 Å². The Morgan fingerprint density at radius 1 is 1.57 bits per heavy atom. The van der Waals surface area contributed by atoms with Crippen molar-refractivity contribution in [2.75, 3.05) is 33.4 Å². The number of nitrogens with two attached hydrogens (primary N) is 1. The molecule has 3 atom stereocenters. The van der Waals surface area contributed by atoms with E-state index in [4.69, 9.17) is 19.5 Å². The molecule has 0 aromatic carbocycles. The maximum absolute atomic E-state index is 11.2. The first-order valence-electron chi connectivity index (χ1n) is 6.86. The van der Waals surface area contributed by atoms with Crippen LogP contribution < -0.4 is 10.6 Å². The van der Waals surface area contributed by atoms with Gasteiger partial charge in [0.25, 0.3) is 0 Å². The van der Waals surface area contributed by atoms with E-state index in [1.807, 2.05) is 12.3 Å². The number of hydrogen-bond acceptors (Lipinski definition) is 5. The Kier molecular flexibility index (Phi) is 8.68. The molecular formula is C13H24N2O5P+. The molecule has 0 aromatic rings. The Morgan fingerprint density at radius 3 is 2.95 bits per heavy atom. The fourth-order valence-corrected chi connectivity index (χ4v) is 2.50. The van der Waals surface area contributed by atoms with Gasteiger partial charge in [-0.25, -0.2) is 0 Å². The summed E-state index contributed by atoms with van der Waals surface area (Å²) < 4.78 is 15.5. The minimum atomic E-state index is -1.83. The molecule has 0 saturated carbocycles. The number of rotatable bonds is 10. The van der Waals surface area contributed by atoms with Crippen molar-refractivity contribution in [3.8, 4) is 0 Å². The quantitative estimate of drug-likeness (QED) is 0.471. The van der Waals surface area contributed by atoms with Gasteiger partial charge in [0.15, 0.2) is 0 Å². The number of quaternary nitrogens is 1. The molecule has 1 amide bonds. The van der Waals surface area contributed by atoms with Crippen molar-refractivity contribution in [1.82, 2.24) is 0 Å². The van der Waals surface area contributed by atoms with Crippen molar-refractivity contribution in [2.45, 2.75) is 19.4 Å². The second-order valence-corrected chi connectivity index (χ2v) is 5.59. The van der Waals surface area contributed by atoms with Crippen molar-refractivity contribution in [3.63, 3.8) is 0 Å². The normalized spacial score (nSPS) is 20.9. The minimum Gasteiger partial charge on any atom is -0.379 e. The third kappa shape index (κ3) is 7.13. The Bertz CT molecular complexity index is 389. The lowest BCUT2D eigenvalue weighted by Gasteiger charge is -2.21. The van der Waals surface area contributed by atoms with Crippen molar-refractivity contribution < 1.29 is 28.4 Å². The summed E-state index contributed by atoms with van der Waals surface area (Å²) in [5, 5.41) is 0. The molecule has 0 bridgehead atoms. The summed E-state index contributed by atoms with van der Waals surface area (Å²) in [4.78, 5) is 21.7. The molecule has 1 rings (SSSR count). The summed E-state index contributed by atoms with van der Waals surface area (Å²) in [7, 11) is -0.229. The van der Waals surface area contributed by atoms with E-state index >= 15 is 0 Å². The number of hydrogen-bond donors (Lipinski definition) is 3. The van der Waals surface area contributed by atoms with Crippen LogP contribution in [0.5, 0.6) is 0 Å². The first-order chi connectivity index (χ1) is 10.1. The zero-order chi connectivity index (χ0) is 15.7. The zero-order valence-electron chi connectivity index (χ0n) is 12.4. The Balaban J connectivity index is 2.30. The second kappa shape index (κ2) is 10.00. The summed E-state index contributed by atoms with van der Waals surface area (Å²) in [6, 6.07) is 0. The molecule has 0 aromatic heterocycles. The summed E-state index contributed by atoms with van der Waals surface area (Å²) in [6.45, 7) is 3.83. The van der Waals surface area contributed by atoms with Gasteiger partial charge in [-0.05, 0) is 19.1 Å². The lowest BCUT2D eigenvalue weighted by Crippen LogP contribution is -3.08. The Hall–Kier alpha value is -0.820. The summed E-state index contributed by atoms with van der Waals surface area (Å²) in [6.07, 6.45) is 6.16. The zero-order valence-corrected chi connectivity index (χ0v) is 13.3. The monoisotopic (exact) mass is 319 g/mol. The molecule has 21 heavy (non-hydrogen) atoms. The van der Waals surface area contributed by atoms with Gasteiger partial charge >= 0.3 is 8.60 Å². The van der Waals surface area contributed by atoms with Crippen LogP contribution in [-0.2, 0) is 18.6 Å². The van der Waals surface area contributed by atoms with E-state index in [1.54, 1.807) is 20.1 Å². The van der Waals surface area contributed by atoms with E-state index in [-0.39, 0.29) is 18.6 Å². The fraction of sp³-hybridized carbons (Fsp3) is 0.615. The maximum atomic E-state index is 11.2. The molecule has 0 aliphatic carbocycles. The number of allylic oxidation sites excluding steroid dienone is 2. The predicted molar refractivity (Wildman–Crippen MR) is 79.2 cm³/mol. The molecule has 0 fully saturated rings. The summed E-state index contributed by atoms with van der Waals surface area (Å²) in [5.41, 5.74) is 5.90. The Morgan fingerprint density at radius 2 is 2.33 bits per heavy atom. The molecule has 1 aliphatic rings. The second-order valence-electron chi connectivity index (χ2n) is 4.60. The van der Waals surface area contributed by atoms with Crippen molar-refractivity contribution >= 4 is 14.5 Å². The molecule has 1 heterocycles. The Labute approximate surface area is 126 Å². The van der Waals surface area contributed by atoms with Gasteiger partial charge in [-0.2, -0.15) is 0 Å². The minimum absolute atomic E-state index is 0.133. The summed E-state index contributed by atoms with van der Waals surface area (Å²) >= 11 is 0. The molecule has 7 nitrogen and oxygen atoms in total. The molecule has 4 N–H and O–H groups in total. The fourth-order valence-electron chi connectivity index (χ4n) is 1.91. The molecule has 0 spiro atoms. The van der Waals surface area contributed by atoms with Gasteiger partial charge in [0, 0.05) is 13.5 Å². The van der Waals surface area contributed by atoms with Gasteiger partial charge in [-0.15, -0.1) is 0 Å². The van der Waals surface area contributed by atoms with E-state index in [0.29, 0.717) is 18.7 Å². The number of primary amides is 1. The number of nitrogens with one attached hydrogen (secondary N) is 1. The number of amides is 1. The van der Waals surface area contributed by atoms with Gasteiger partial charge in [-0.3, -0.25) is 4.79 Å². The van der Waals surface area contributed by atoms with Crippen LogP contribution in [0.3, 0.4) is 0 Å². The SMILES string of the molecule is CCOP(O)OCC(CC[NH+]1C=CC=C(C(N)=O)C1)OC. The maximum Gasteiger partial charge on any atom is 0.329 e. The first-order valence-corrected chi connectivity index (χ1v) is 7.99. The van der Waals surface area contributed by atoms with E-state index < -0.39 is 8.60 Å². The third-order valence-corrected chi connectivity index (χ3v) is 3.94. The molecule has 0 radical (unpaired) electrons. The van der Waals surface area contributed by atoms with Crippen LogP contribution >= 0.6 is 8.60 Å². The number of methoxy groups -OCH3 is 1. The van der Waals surface area contributed by atoms with Crippen LogP contribution in [0.2, 0.25) is 0 Å². The van der Waals surface area contributed by atoms with E-state index in [0.717, 1.165) is 17.9 Å². The average molecular weight is 319 g/mol. The number of ether oxygens (including phenoxy) is 1. The van der Waals surface area contributed by atoms with E-state index in [1.165, 1.54) is 0 Å². The summed E-state index contributed by atoms with van der Waals surface area (Å²) in [5.74, 6) is -0.383. The van der Waals surface area contributed by atoms with Crippen LogP contribution in [0.1, 0.15) is 13.3 Å². The molecular weight excluding hydrogens is 295 g/mol. The standard InChI is InChI=1S/C13H23N2O5P/c1-3-19-21(17)20-10-12(18-2)6-8-15-7-4-5-11(9-15)13(14)16/h4-5,7,12,17H,3,6,8-10H2,1-2H3,(H2,14,16)/p+1. The predicted octanol–water partition coefficient (Wildman–Crippen LogP) is -0.512. The largest absolute Gasteiger partial charge is 0.379 e. The van der Waals surface area contributed by atoms with Crippen molar-refractivity contribution in [2.24, 2.45) is 5.73 Å². The van der Waals surface area contributed by atoms with Gasteiger partial charge < -0.3 is 29.3 Å². The van der Waals surface area contributed by atoms with Gasteiger partial charge in [0.05, 0.1) is 37.6 Å². The van der Waals surface area contributed by atoms with Crippen LogP contribution in [-0.4, -0.2) is 50.3 Å². The van der Waals surface area contributed by atoms with Crippen LogP contribution in [0.4, 0.5) is 0 Å². The molecule has 3 unspecified atom stereocenters. The lowest BCUT2D eigenvalue weighted by atomic mass is 10.1. The first kappa shape index (κ1) is 18.2. The molecule has 0 saturated heterocycles. The highest BCUT2D eigenvalue weighted by Gasteiger charge is 2.19. The van der Waals surface area contributed by atoms with Crippen molar-refractivity contribution in [3.05, 3.63) is 23.9 Å². The highest BCUT2D eigenvalue weighted by molar-refractivity contribution is 7.40. The highest BCUT2D eigenvalue weighted by atomic mass is 31.2. The van der Waals surface area contributed by atoms with Crippen molar-refractivity contribution in [1.29, 1.82) is 0 Å².